The van der Waals surface area contributed by atoms with E-state index in [0.717, 1.165) is 36.5 Å². The second-order valence-electron chi connectivity index (χ2n) is 5.72. The highest BCUT2D eigenvalue weighted by Gasteiger charge is 2.20. The second kappa shape index (κ2) is 5.77. The molecule has 112 valence electrons. The quantitative estimate of drug-likeness (QED) is 0.939. The molecule has 1 atom stereocenters. The van der Waals surface area contributed by atoms with Crippen molar-refractivity contribution in [2.75, 3.05) is 25.9 Å². The molecule has 0 amide bonds. The zero-order chi connectivity index (χ0) is 14.8. The van der Waals surface area contributed by atoms with E-state index in [2.05, 4.69) is 17.0 Å². The van der Waals surface area contributed by atoms with Crippen LogP contribution in [-0.4, -0.2) is 40.9 Å². The average Bonchev–Trinajstić information content (AvgIpc) is 2.79. The molecule has 2 N–H and O–H groups in total. The third-order valence-corrected chi connectivity index (χ3v) is 3.95. The van der Waals surface area contributed by atoms with E-state index in [9.17, 15) is 0 Å². The number of likely N-dealkylation sites (tertiary alicyclic amines) is 1. The minimum absolute atomic E-state index is 0.242. The highest BCUT2D eigenvalue weighted by atomic mass is 16.5. The molecule has 2 heterocycles. The number of aryl methyl sites for hydroxylation is 1. The van der Waals surface area contributed by atoms with Gasteiger partial charge >= 0.3 is 0 Å². The van der Waals surface area contributed by atoms with Gasteiger partial charge in [-0.2, -0.15) is 5.10 Å². The number of hydrogen-bond donors (Lipinski definition) is 1. The largest absolute Gasteiger partial charge is 0.488 e. The fourth-order valence-electron chi connectivity index (χ4n) is 2.79. The first kappa shape index (κ1) is 13.9. The van der Waals surface area contributed by atoms with Gasteiger partial charge in [-0.05, 0) is 38.6 Å². The number of aromatic nitrogens is 2. The molecule has 0 bridgehead atoms. The highest BCUT2D eigenvalue weighted by molar-refractivity contribution is 5.69. The number of piperidine rings is 1. The van der Waals surface area contributed by atoms with Crippen LogP contribution in [0.1, 0.15) is 12.8 Å². The van der Waals surface area contributed by atoms with Crippen molar-refractivity contribution in [1.82, 2.24) is 14.7 Å². The van der Waals surface area contributed by atoms with Gasteiger partial charge in [0.05, 0.1) is 5.69 Å². The number of benzene rings is 1. The highest BCUT2D eigenvalue weighted by Crippen LogP contribution is 2.31. The Bertz CT molecular complexity index is 603. The third kappa shape index (κ3) is 3.03. The van der Waals surface area contributed by atoms with Crippen LogP contribution in [0.5, 0.6) is 5.75 Å². The van der Waals surface area contributed by atoms with Gasteiger partial charge in [-0.15, -0.1) is 0 Å². The number of ether oxygens (including phenoxy) is 1. The molecule has 5 nitrogen and oxygen atoms in total. The van der Waals surface area contributed by atoms with Crippen LogP contribution in [0.15, 0.2) is 30.3 Å². The fraction of sp³-hybridized carbons (Fsp3) is 0.438. The molecule has 1 fully saturated rings. The van der Waals surface area contributed by atoms with E-state index in [4.69, 9.17) is 10.5 Å². The third-order valence-electron chi connectivity index (χ3n) is 3.95. The minimum Gasteiger partial charge on any atom is -0.488 e. The Hall–Kier alpha value is -2.01. The van der Waals surface area contributed by atoms with Crippen LogP contribution < -0.4 is 10.5 Å². The zero-order valence-electron chi connectivity index (χ0n) is 12.6. The standard InChI is InChI=1S/C16H22N4O/c1-19-9-5-6-12(11-19)21-15-8-4-3-7-13(15)14-10-16(17)20(2)18-14/h3-4,7-8,10,12H,5-6,9,11,17H2,1-2H3. The number of nitrogens with zero attached hydrogens (tertiary/aromatic N) is 3. The number of nitrogen functional groups attached to an aromatic ring is 1. The molecular formula is C16H22N4O. The molecule has 1 saturated heterocycles. The number of nitrogens with two attached hydrogens (primary N) is 1. The van der Waals surface area contributed by atoms with Gasteiger partial charge in [0.25, 0.3) is 0 Å². The summed E-state index contributed by atoms with van der Waals surface area (Å²) in [5.41, 5.74) is 7.74. The van der Waals surface area contributed by atoms with E-state index in [-0.39, 0.29) is 6.10 Å². The average molecular weight is 286 g/mol. The lowest BCUT2D eigenvalue weighted by Crippen LogP contribution is -2.38. The Kier molecular flexibility index (Phi) is 3.84. The molecule has 3 rings (SSSR count). The Labute approximate surface area is 125 Å². The van der Waals surface area contributed by atoms with Crippen molar-refractivity contribution in [2.24, 2.45) is 7.05 Å². The monoisotopic (exact) mass is 286 g/mol. The SMILES string of the molecule is CN1CCCC(Oc2ccccc2-c2cc(N)n(C)n2)C1. The zero-order valence-corrected chi connectivity index (χ0v) is 12.6. The number of likely N-dealkylation sites (N-methyl/N-ethyl adjacent to an activating group) is 1. The summed E-state index contributed by atoms with van der Waals surface area (Å²) < 4.78 is 7.91. The summed E-state index contributed by atoms with van der Waals surface area (Å²) in [7, 11) is 3.99. The van der Waals surface area contributed by atoms with Gasteiger partial charge in [0.2, 0.25) is 0 Å². The maximum Gasteiger partial charge on any atom is 0.129 e. The van der Waals surface area contributed by atoms with Crippen molar-refractivity contribution in [2.45, 2.75) is 18.9 Å². The van der Waals surface area contributed by atoms with Crippen molar-refractivity contribution in [3.05, 3.63) is 30.3 Å². The van der Waals surface area contributed by atoms with Crippen LogP contribution in [0.4, 0.5) is 5.82 Å². The van der Waals surface area contributed by atoms with Gasteiger partial charge in [0, 0.05) is 25.2 Å². The molecule has 1 aromatic heterocycles. The van der Waals surface area contributed by atoms with E-state index >= 15 is 0 Å². The Morgan fingerprint density at radius 1 is 1.29 bits per heavy atom. The molecule has 1 aliphatic heterocycles. The van der Waals surface area contributed by atoms with Gasteiger partial charge < -0.3 is 15.4 Å². The summed E-state index contributed by atoms with van der Waals surface area (Å²) in [5.74, 6) is 1.54. The molecule has 0 saturated carbocycles. The number of anilines is 1. The van der Waals surface area contributed by atoms with Crippen LogP contribution in [0.2, 0.25) is 0 Å². The maximum absolute atomic E-state index is 6.23. The first-order valence-corrected chi connectivity index (χ1v) is 7.37. The maximum atomic E-state index is 6.23. The Morgan fingerprint density at radius 3 is 2.81 bits per heavy atom. The minimum atomic E-state index is 0.242. The van der Waals surface area contributed by atoms with Gasteiger partial charge in [0.1, 0.15) is 17.7 Å². The summed E-state index contributed by atoms with van der Waals surface area (Å²) in [6.07, 6.45) is 2.52. The van der Waals surface area contributed by atoms with Crippen molar-refractivity contribution in [3.63, 3.8) is 0 Å². The molecule has 1 aromatic carbocycles. The van der Waals surface area contributed by atoms with Crippen LogP contribution >= 0.6 is 0 Å². The number of para-hydroxylation sites is 1. The first-order valence-electron chi connectivity index (χ1n) is 7.37. The van der Waals surface area contributed by atoms with Gasteiger partial charge in [-0.1, -0.05) is 12.1 Å². The normalized spacial score (nSPS) is 19.6. The van der Waals surface area contributed by atoms with Crippen molar-refractivity contribution >= 4 is 5.82 Å². The fourth-order valence-corrected chi connectivity index (χ4v) is 2.79. The lowest BCUT2D eigenvalue weighted by molar-refractivity contribution is 0.105. The molecule has 21 heavy (non-hydrogen) atoms. The predicted octanol–water partition coefficient (Wildman–Crippen LogP) is 2.14. The van der Waals surface area contributed by atoms with Crippen LogP contribution in [0.3, 0.4) is 0 Å². The molecule has 0 radical (unpaired) electrons. The second-order valence-corrected chi connectivity index (χ2v) is 5.72. The van der Waals surface area contributed by atoms with Crippen molar-refractivity contribution < 1.29 is 4.74 Å². The molecule has 2 aromatic rings. The summed E-state index contributed by atoms with van der Waals surface area (Å²) in [6, 6.07) is 9.92. The summed E-state index contributed by atoms with van der Waals surface area (Å²) in [5, 5.41) is 4.45. The van der Waals surface area contributed by atoms with Crippen molar-refractivity contribution in [1.29, 1.82) is 0 Å². The lowest BCUT2D eigenvalue weighted by atomic mass is 10.1. The van der Waals surface area contributed by atoms with Crippen molar-refractivity contribution in [3.8, 4) is 17.0 Å². The topological polar surface area (TPSA) is 56.3 Å². The lowest BCUT2D eigenvalue weighted by Gasteiger charge is -2.30. The van der Waals surface area contributed by atoms with Crippen LogP contribution in [0.25, 0.3) is 11.3 Å². The smallest absolute Gasteiger partial charge is 0.129 e. The molecule has 1 unspecified atom stereocenters. The Balaban J connectivity index is 1.85. The van der Waals surface area contributed by atoms with E-state index in [1.165, 1.54) is 6.42 Å². The molecule has 1 aliphatic rings. The van der Waals surface area contributed by atoms with Crippen LogP contribution in [-0.2, 0) is 7.05 Å². The van der Waals surface area contributed by atoms with E-state index < -0.39 is 0 Å². The molecule has 5 heteroatoms. The van der Waals surface area contributed by atoms with Gasteiger partial charge in [-0.3, -0.25) is 4.68 Å². The summed E-state index contributed by atoms with van der Waals surface area (Å²) in [4.78, 5) is 2.32. The van der Waals surface area contributed by atoms with Gasteiger partial charge in [-0.25, -0.2) is 0 Å². The van der Waals surface area contributed by atoms with E-state index in [0.29, 0.717) is 5.82 Å². The molecule has 0 spiro atoms. The summed E-state index contributed by atoms with van der Waals surface area (Å²) in [6.45, 7) is 2.12. The first-order chi connectivity index (χ1) is 10.1. The molecular weight excluding hydrogens is 264 g/mol. The van der Waals surface area contributed by atoms with E-state index in [1.54, 1.807) is 4.68 Å². The van der Waals surface area contributed by atoms with Crippen LogP contribution in [0, 0.1) is 0 Å². The Morgan fingerprint density at radius 2 is 2.10 bits per heavy atom. The molecule has 0 aliphatic carbocycles. The predicted molar refractivity (Wildman–Crippen MR) is 84.2 cm³/mol. The van der Waals surface area contributed by atoms with E-state index in [1.807, 2.05) is 37.4 Å². The summed E-state index contributed by atoms with van der Waals surface area (Å²) >= 11 is 0. The number of hydrogen-bond acceptors (Lipinski definition) is 4. The van der Waals surface area contributed by atoms with Gasteiger partial charge in [0.15, 0.2) is 0 Å². The number of rotatable bonds is 3.